The first-order valence-electron chi connectivity index (χ1n) is 13.0. The van der Waals surface area contributed by atoms with Crippen molar-refractivity contribution in [1.82, 2.24) is 0 Å². The molecule has 0 fully saturated rings. The fourth-order valence-corrected chi connectivity index (χ4v) is 5.08. The number of benzene rings is 5. The van der Waals surface area contributed by atoms with E-state index in [2.05, 4.69) is 91.4 Å². The molecule has 0 saturated carbocycles. The van der Waals surface area contributed by atoms with E-state index in [9.17, 15) is 0 Å². The summed E-state index contributed by atoms with van der Waals surface area (Å²) in [6, 6.07) is 35.4. The second kappa shape index (κ2) is 14.7. The van der Waals surface area contributed by atoms with Crippen molar-refractivity contribution < 1.29 is 9.47 Å². The summed E-state index contributed by atoms with van der Waals surface area (Å²) in [5.74, 6) is 1.48. The molecular formula is C34H26Br2N2O2S2. The SMILES string of the molecule is Sc1ccccc1N=Cc1ccc(Br)cc1OCc1ccc(COc2cc(Br)ccc2C=Nc2ccccc2S)cc1. The van der Waals surface area contributed by atoms with Gasteiger partial charge in [-0.15, -0.1) is 25.3 Å². The fourth-order valence-electron chi connectivity index (χ4n) is 3.96. The van der Waals surface area contributed by atoms with Crippen molar-refractivity contribution in [3.8, 4) is 11.5 Å². The second-order valence-corrected chi connectivity index (χ2v) is 12.0. The maximum atomic E-state index is 6.20. The summed E-state index contributed by atoms with van der Waals surface area (Å²) in [6.07, 6.45) is 3.60. The average Bonchev–Trinajstić information content (AvgIpc) is 3.00. The second-order valence-electron chi connectivity index (χ2n) is 9.25. The number of thiol groups is 2. The van der Waals surface area contributed by atoms with Crippen LogP contribution in [0.5, 0.6) is 11.5 Å². The van der Waals surface area contributed by atoms with Gasteiger partial charge in [-0.05, 0) is 71.8 Å². The molecule has 5 aromatic rings. The molecule has 0 spiro atoms. The number of aliphatic imine (C=N–C) groups is 2. The third-order valence-electron chi connectivity index (χ3n) is 6.21. The molecule has 0 aliphatic heterocycles. The van der Waals surface area contributed by atoms with Gasteiger partial charge in [-0.3, -0.25) is 9.98 Å². The van der Waals surface area contributed by atoms with Crippen LogP contribution in [0.25, 0.3) is 0 Å². The smallest absolute Gasteiger partial charge is 0.129 e. The standard InChI is InChI=1S/C34H26Br2N2O2S2/c35-27-15-13-25(19-37-29-5-1-3-7-33(29)41)31(17-27)39-21-23-9-11-24(12-10-23)22-40-32-18-28(36)16-14-26(32)20-38-30-6-2-4-8-34(30)42/h1-20,41-42H,21-22H2. The molecule has 4 nitrogen and oxygen atoms in total. The molecule has 0 atom stereocenters. The zero-order valence-electron chi connectivity index (χ0n) is 22.3. The van der Waals surface area contributed by atoms with E-state index < -0.39 is 0 Å². The average molecular weight is 719 g/mol. The Balaban J connectivity index is 1.22. The number of hydrogen-bond donors (Lipinski definition) is 2. The van der Waals surface area contributed by atoms with Gasteiger partial charge in [0, 0.05) is 42.3 Å². The van der Waals surface area contributed by atoms with Crippen LogP contribution in [0.15, 0.2) is 138 Å². The van der Waals surface area contributed by atoms with E-state index >= 15 is 0 Å². The molecule has 210 valence electrons. The number of hydrogen-bond acceptors (Lipinski definition) is 6. The lowest BCUT2D eigenvalue weighted by molar-refractivity contribution is 0.302. The van der Waals surface area contributed by atoms with Crippen molar-refractivity contribution in [3.63, 3.8) is 0 Å². The monoisotopic (exact) mass is 716 g/mol. The minimum Gasteiger partial charge on any atom is -0.488 e. The zero-order chi connectivity index (χ0) is 29.3. The van der Waals surface area contributed by atoms with Crippen LogP contribution < -0.4 is 9.47 Å². The summed E-state index contributed by atoms with van der Waals surface area (Å²) in [5, 5.41) is 0. The Kier molecular flexibility index (Phi) is 10.6. The predicted molar refractivity (Wildman–Crippen MR) is 185 cm³/mol. The Labute approximate surface area is 273 Å². The number of rotatable bonds is 10. The molecule has 0 bridgehead atoms. The molecule has 0 amide bonds. The lowest BCUT2D eigenvalue weighted by Crippen LogP contribution is -2.01. The van der Waals surface area contributed by atoms with Crippen LogP contribution in [0.4, 0.5) is 11.4 Å². The van der Waals surface area contributed by atoms with Gasteiger partial charge in [0.2, 0.25) is 0 Å². The van der Waals surface area contributed by atoms with Crippen LogP contribution in [0.1, 0.15) is 22.3 Å². The lowest BCUT2D eigenvalue weighted by atomic mass is 10.1. The molecule has 0 heterocycles. The van der Waals surface area contributed by atoms with Gasteiger partial charge in [-0.25, -0.2) is 0 Å². The molecule has 8 heteroatoms. The van der Waals surface area contributed by atoms with E-state index in [4.69, 9.17) is 9.47 Å². The van der Waals surface area contributed by atoms with Gasteiger partial charge in [-0.1, -0.05) is 80.4 Å². The maximum Gasteiger partial charge on any atom is 0.129 e. The normalized spacial score (nSPS) is 11.3. The number of halogens is 2. The van der Waals surface area contributed by atoms with Gasteiger partial charge in [0.25, 0.3) is 0 Å². The van der Waals surface area contributed by atoms with E-state index in [0.717, 1.165) is 63.9 Å². The molecule has 5 rings (SSSR count). The molecule has 5 aromatic carbocycles. The molecule has 0 aliphatic carbocycles. The van der Waals surface area contributed by atoms with Crippen LogP contribution >= 0.6 is 57.1 Å². The van der Waals surface area contributed by atoms with Gasteiger partial charge in [0.05, 0.1) is 11.4 Å². The molecule has 0 aromatic heterocycles. The predicted octanol–water partition coefficient (Wildman–Crippen LogP) is 10.4. The van der Waals surface area contributed by atoms with E-state index in [1.165, 1.54) is 0 Å². The number of para-hydroxylation sites is 2. The van der Waals surface area contributed by atoms with E-state index in [1.807, 2.05) is 84.9 Å². The lowest BCUT2D eigenvalue weighted by Gasteiger charge is -2.12. The van der Waals surface area contributed by atoms with Gasteiger partial charge in [0.1, 0.15) is 24.7 Å². The van der Waals surface area contributed by atoms with E-state index in [0.29, 0.717) is 13.2 Å². The Hall–Kier alpha value is -3.30. The minimum atomic E-state index is 0.417. The summed E-state index contributed by atoms with van der Waals surface area (Å²) in [4.78, 5) is 10.8. The van der Waals surface area contributed by atoms with Crippen molar-refractivity contribution in [2.75, 3.05) is 0 Å². The summed E-state index contributed by atoms with van der Waals surface area (Å²) < 4.78 is 14.3. The largest absolute Gasteiger partial charge is 0.488 e. The highest BCUT2D eigenvalue weighted by molar-refractivity contribution is 9.10. The van der Waals surface area contributed by atoms with E-state index in [-0.39, 0.29) is 0 Å². The highest BCUT2D eigenvalue weighted by atomic mass is 79.9. The third kappa shape index (κ3) is 8.38. The Bertz CT molecular complexity index is 1610. The summed E-state index contributed by atoms with van der Waals surface area (Å²) in [6.45, 7) is 0.834. The van der Waals surface area contributed by atoms with Crippen LogP contribution in [-0.4, -0.2) is 12.4 Å². The Morgan fingerprint density at radius 3 is 1.36 bits per heavy atom. The first-order valence-corrected chi connectivity index (χ1v) is 15.5. The minimum absolute atomic E-state index is 0.417. The Morgan fingerprint density at radius 2 is 0.952 bits per heavy atom. The Morgan fingerprint density at radius 1 is 0.548 bits per heavy atom. The van der Waals surface area contributed by atoms with E-state index in [1.54, 1.807) is 12.4 Å². The van der Waals surface area contributed by atoms with Gasteiger partial charge >= 0.3 is 0 Å². The first-order chi connectivity index (χ1) is 20.4. The van der Waals surface area contributed by atoms with Crippen molar-refractivity contribution in [2.24, 2.45) is 9.98 Å². The highest BCUT2D eigenvalue weighted by Gasteiger charge is 2.07. The van der Waals surface area contributed by atoms with Gasteiger partial charge in [0.15, 0.2) is 0 Å². The maximum absolute atomic E-state index is 6.20. The zero-order valence-corrected chi connectivity index (χ0v) is 27.3. The quantitative estimate of drug-likeness (QED) is 0.112. The van der Waals surface area contributed by atoms with Gasteiger partial charge in [-0.2, -0.15) is 0 Å². The van der Waals surface area contributed by atoms with Crippen molar-refractivity contribution in [1.29, 1.82) is 0 Å². The van der Waals surface area contributed by atoms with Crippen LogP contribution in [0.2, 0.25) is 0 Å². The number of ether oxygens (including phenoxy) is 2. The van der Waals surface area contributed by atoms with Crippen molar-refractivity contribution >= 4 is 80.9 Å². The molecule has 0 unspecified atom stereocenters. The molecule has 0 saturated heterocycles. The fraction of sp³-hybridized carbons (Fsp3) is 0.0588. The highest BCUT2D eigenvalue weighted by Crippen LogP contribution is 2.28. The molecule has 0 radical (unpaired) electrons. The molecule has 42 heavy (non-hydrogen) atoms. The van der Waals surface area contributed by atoms with Crippen LogP contribution in [0.3, 0.4) is 0 Å². The van der Waals surface area contributed by atoms with Crippen LogP contribution in [-0.2, 0) is 13.2 Å². The van der Waals surface area contributed by atoms with Crippen molar-refractivity contribution in [3.05, 3.63) is 140 Å². The number of nitrogens with zero attached hydrogens (tertiary/aromatic N) is 2. The van der Waals surface area contributed by atoms with Crippen molar-refractivity contribution in [2.45, 2.75) is 23.0 Å². The summed E-state index contributed by atoms with van der Waals surface area (Å²) in [5.41, 5.74) is 5.46. The summed E-state index contributed by atoms with van der Waals surface area (Å²) in [7, 11) is 0. The molecular weight excluding hydrogens is 692 g/mol. The first kappa shape index (κ1) is 30.2. The molecule has 0 aliphatic rings. The molecule has 0 N–H and O–H groups in total. The topological polar surface area (TPSA) is 43.2 Å². The van der Waals surface area contributed by atoms with Crippen LogP contribution in [0, 0.1) is 0 Å². The third-order valence-corrected chi connectivity index (χ3v) is 7.95. The summed E-state index contributed by atoms with van der Waals surface area (Å²) >= 11 is 16.1. The van der Waals surface area contributed by atoms with Gasteiger partial charge < -0.3 is 9.47 Å².